The average molecular weight is 528 g/mol. The minimum Gasteiger partial charge on any atom is -0.508 e. The van der Waals surface area contributed by atoms with Gasteiger partial charge in [0, 0.05) is 19.3 Å². The van der Waals surface area contributed by atoms with Gasteiger partial charge in [-0.2, -0.15) is 0 Å². The van der Waals surface area contributed by atoms with Crippen LogP contribution in [0.2, 0.25) is 0 Å². The molecular formula is C26H33N5O7. The molecule has 0 heterocycles. The highest BCUT2D eigenvalue weighted by Gasteiger charge is 2.28. The van der Waals surface area contributed by atoms with Gasteiger partial charge >= 0.3 is 5.97 Å². The van der Waals surface area contributed by atoms with Crippen LogP contribution in [-0.4, -0.2) is 64.0 Å². The number of phenolic OH excluding ortho intramolecular Hbond substituents is 1. The number of hydrogen-bond donors (Lipinski definition) is 7. The van der Waals surface area contributed by atoms with Crippen molar-refractivity contribution >= 4 is 29.6 Å². The van der Waals surface area contributed by atoms with Crippen LogP contribution in [0.3, 0.4) is 0 Å². The molecule has 0 aromatic heterocycles. The molecule has 2 aromatic rings. The molecule has 0 spiro atoms. The maximum absolute atomic E-state index is 13.1. The number of benzene rings is 2. The van der Waals surface area contributed by atoms with E-state index in [1.165, 1.54) is 19.1 Å². The second-order valence-electron chi connectivity index (χ2n) is 8.86. The molecule has 4 unspecified atom stereocenters. The Hall–Kier alpha value is -4.45. The monoisotopic (exact) mass is 527 g/mol. The topological polar surface area (TPSA) is 214 Å². The number of carbonyl (C=O) groups is 5. The fourth-order valence-corrected chi connectivity index (χ4v) is 3.51. The number of amides is 4. The molecule has 0 bridgehead atoms. The van der Waals surface area contributed by atoms with Crippen molar-refractivity contribution in [2.75, 3.05) is 0 Å². The van der Waals surface area contributed by atoms with Crippen LogP contribution < -0.4 is 27.4 Å². The lowest BCUT2D eigenvalue weighted by atomic mass is 10.0. The molecule has 0 saturated heterocycles. The number of nitrogens with two attached hydrogens (primary N) is 2. The van der Waals surface area contributed by atoms with Crippen LogP contribution in [0.1, 0.15) is 30.9 Å². The van der Waals surface area contributed by atoms with Crippen LogP contribution in [-0.2, 0) is 36.8 Å². The highest BCUT2D eigenvalue weighted by Crippen LogP contribution is 2.12. The lowest BCUT2D eigenvalue weighted by Gasteiger charge is -2.24. The van der Waals surface area contributed by atoms with Crippen molar-refractivity contribution in [2.24, 2.45) is 11.5 Å². The number of aliphatic carboxylic acids is 1. The smallest absolute Gasteiger partial charge is 0.326 e. The molecule has 0 aliphatic carbocycles. The van der Waals surface area contributed by atoms with E-state index in [-0.39, 0.29) is 31.4 Å². The number of aromatic hydroxyl groups is 1. The highest BCUT2D eigenvalue weighted by atomic mass is 16.4. The van der Waals surface area contributed by atoms with E-state index in [0.717, 1.165) is 0 Å². The molecule has 12 nitrogen and oxygen atoms in total. The lowest BCUT2D eigenvalue weighted by Crippen LogP contribution is -2.57. The summed E-state index contributed by atoms with van der Waals surface area (Å²) in [4.78, 5) is 61.1. The largest absolute Gasteiger partial charge is 0.508 e. The number of carbonyl (C=O) groups excluding carboxylic acids is 4. The standard InChI is InChI=1S/C26H33N5O7/c1-15(23(34)31-21(26(37)38)14-16-5-3-2-4-6-16)29-25(36)20(13-17-7-9-18(32)10-8-17)30-24(35)19(27)11-12-22(28)33/h2-10,15,19-21,32H,11-14,27H2,1H3,(H2,28,33)(H,29,36)(H,30,35)(H,31,34)(H,37,38). The summed E-state index contributed by atoms with van der Waals surface area (Å²) in [5, 5.41) is 26.5. The van der Waals surface area contributed by atoms with Crippen molar-refractivity contribution < 1.29 is 34.2 Å². The van der Waals surface area contributed by atoms with E-state index >= 15 is 0 Å². The number of carboxylic acid groups (broad SMARTS) is 1. The second-order valence-corrected chi connectivity index (χ2v) is 8.86. The Morgan fingerprint density at radius 2 is 1.34 bits per heavy atom. The number of hydrogen-bond acceptors (Lipinski definition) is 7. The Morgan fingerprint density at radius 1 is 0.789 bits per heavy atom. The maximum Gasteiger partial charge on any atom is 0.326 e. The molecule has 9 N–H and O–H groups in total. The molecule has 204 valence electrons. The Morgan fingerprint density at radius 3 is 1.92 bits per heavy atom. The summed E-state index contributed by atoms with van der Waals surface area (Å²) >= 11 is 0. The summed E-state index contributed by atoms with van der Waals surface area (Å²) in [6.45, 7) is 1.38. The summed E-state index contributed by atoms with van der Waals surface area (Å²) in [6, 6.07) is 10.1. The van der Waals surface area contributed by atoms with Crippen LogP contribution in [0, 0.1) is 0 Å². The molecule has 12 heteroatoms. The quantitative estimate of drug-likeness (QED) is 0.167. The van der Waals surface area contributed by atoms with Crippen LogP contribution in [0.4, 0.5) is 0 Å². The Balaban J connectivity index is 2.09. The molecule has 0 saturated carbocycles. The van der Waals surface area contributed by atoms with E-state index < -0.39 is 53.8 Å². The number of nitrogens with one attached hydrogen (secondary N) is 3. The second kappa shape index (κ2) is 14.3. The molecule has 2 aromatic carbocycles. The van der Waals surface area contributed by atoms with E-state index in [1.54, 1.807) is 42.5 Å². The Kier molecular flexibility index (Phi) is 11.2. The van der Waals surface area contributed by atoms with Gasteiger partial charge < -0.3 is 37.6 Å². The van der Waals surface area contributed by atoms with E-state index in [0.29, 0.717) is 11.1 Å². The van der Waals surface area contributed by atoms with Gasteiger partial charge in [0.2, 0.25) is 23.6 Å². The zero-order valence-electron chi connectivity index (χ0n) is 20.9. The van der Waals surface area contributed by atoms with Gasteiger partial charge in [0.1, 0.15) is 23.9 Å². The molecule has 4 atom stereocenters. The van der Waals surface area contributed by atoms with Gasteiger partial charge in [0.25, 0.3) is 0 Å². The number of phenols is 1. The van der Waals surface area contributed by atoms with Crippen LogP contribution in [0.25, 0.3) is 0 Å². The predicted octanol–water partition coefficient (Wildman–Crippen LogP) is -0.671. The van der Waals surface area contributed by atoms with Crippen molar-refractivity contribution in [3.05, 3.63) is 65.7 Å². The molecular weight excluding hydrogens is 494 g/mol. The molecule has 0 fully saturated rings. The van der Waals surface area contributed by atoms with Gasteiger partial charge in [0.15, 0.2) is 0 Å². The van der Waals surface area contributed by atoms with Gasteiger partial charge in [-0.15, -0.1) is 0 Å². The fraction of sp³-hybridized carbons (Fsp3) is 0.346. The van der Waals surface area contributed by atoms with Crippen molar-refractivity contribution in [1.82, 2.24) is 16.0 Å². The number of carboxylic acids is 1. The third-order valence-corrected chi connectivity index (χ3v) is 5.70. The molecule has 0 radical (unpaired) electrons. The normalized spacial score (nSPS) is 13.8. The average Bonchev–Trinajstić information content (AvgIpc) is 2.87. The van der Waals surface area contributed by atoms with Gasteiger partial charge in [-0.05, 0) is 36.6 Å². The lowest BCUT2D eigenvalue weighted by molar-refractivity contribution is -0.142. The van der Waals surface area contributed by atoms with Gasteiger partial charge in [-0.1, -0.05) is 42.5 Å². The van der Waals surface area contributed by atoms with E-state index in [2.05, 4.69) is 16.0 Å². The summed E-state index contributed by atoms with van der Waals surface area (Å²) in [5.74, 6) is -3.99. The summed E-state index contributed by atoms with van der Waals surface area (Å²) in [6.07, 6.45) is -0.0916. The molecule has 38 heavy (non-hydrogen) atoms. The number of rotatable bonds is 14. The zero-order chi connectivity index (χ0) is 28.2. The van der Waals surface area contributed by atoms with Crippen molar-refractivity contribution in [2.45, 2.75) is 56.8 Å². The summed E-state index contributed by atoms with van der Waals surface area (Å²) < 4.78 is 0. The SMILES string of the molecule is CC(NC(=O)C(Cc1ccc(O)cc1)NC(=O)C(N)CCC(N)=O)C(=O)NC(Cc1ccccc1)C(=O)O. The molecule has 2 rings (SSSR count). The van der Waals surface area contributed by atoms with E-state index in [9.17, 15) is 34.2 Å². The third kappa shape index (κ3) is 9.90. The first-order valence-electron chi connectivity index (χ1n) is 12.0. The summed E-state index contributed by atoms with van der Waals surface area (Å²) in [7, 11) is 0. The van der Waals surface area contributed by atoms with Crippen LogP contribution in [0.15, 0.2) is 54.6 Å². The van der Waals surface area contributed by atoms with Crippen LogP contribution in [0.5, 0.6) is 5.75 Å². The van der Waals surface area contributed by atoms with Gasteiger partial charge in [-0.3, -0.25) is 19.2 Å². The van der Waals surface area contributed by atoms with Gasteiger partial charge in [-0.25, -0.2) is 4.79 Å². The maximum atomic E-state index is 13.1. The first kappa shape index (κ1) is 29.8. The zero-order valence-corrected chi connectivity index (χ0v) is 20.9. The fourth-order valence-electron chi connectivity index (χ4n) is 3.51. The van der Waals surface area contributed by atoms with Crippen molar-refractivity contribution in [3.63, 3.8) is 0 Å². The van der Waals surface area contributed by atoms with E-state index in [4.69, 9.17) is 11.5 Å². The van der Waals surface area contributed by atoms with Gasteiger partial charge in [0.05, 0.1) is 6.04 Å². The Bertz CT molecular complexity index is 1120. The summed E-state index contributed by atoms with van der Waals surface area (Å²) in [5.41, 5.74) is 12.2. The van der Waals surface area contributed by atoms with Crippen molar-refractivity contribution in [1.29, 1.82) is 0 Å². The molecule has 0 aliphatic heterocycles. The minimum absolute atomic E-state index is 0.000486. The highest BCUT2D eigenvalue weighted by molar-refractivity contribution is 5.94. The predicted molar refractivity (Wildman–Crippen MR) is 137 cm³/mol. The van der Waals surface area contributed by atoms with E-state index in [1.807, 2.05) is 0 Å². The first-order valence-corrected chi connectivity index (χ1v) is 12.0. The van der Waals surface area contributed by atoms with Crippen molar-refractivity contribution in [3.8, 4) is 5.75 Å². The number of primary amides is 1. The Labute approximate surface area is 219 Å². The molecule has 4 amide bonds. The molecule has 0 aliphatic rings. The first-order chi connectivity index (χ1) is 18.0. The minimum atomic E-state index is -1.23. The third-order valence-electron chi connectivity index (χ3n) is 5.70. The van der Waals surface area contributed by atoms with Crippen LogP contribution >= 0.6 is 0 Å².